The van der Waals surface area contributed by atoms with Gasteiger partial charge in [-0.15, -0.1) is 0 Å². The lowest BCUT2D eigenvalue weighted by Gasteiger charge is -2.40. The average Bonchev–Trinajstić information content (AvgIpc) is 2.76. The zero-order valence-corrected chi connectivity index (χ0v) is 18.5. The predicted octanol–water partition coefficient (Wildman–Crippen LogP) is 2.56. The molecule has 3 heterocycles. The highest BCUT2D eigenvalue weighted by molar-refractivity contribution is 7.91. The number of carbonyl (C=O) groups excluding carboxylic acids is 1. The van der Waals surface area contributed by atoms with Crippen molar-refractivity contribution in [1.29, 1.82) is 0 Å². The van der Waals surface area contributed by atoms with E-state index in [0.29, 0.717) is 0 Å². The zero-order valence-electron chi connectivity index (χ0n) is 17.6. The first-order valence-electron chi connectivity index (χ1n) is 10.9. The summed E-state index contributed by atoms with van der Waals surface area (Å²) in [6.07, 6.45) is 4.28. The Labute approximate surface area is 181 Å². The normalized spacial score (nSPS) is 21.7. The molecule has 0 atom stereocenters. The van der Waals surface area contributed by atoms with E-state index in [1.165, 1.54) is 9.80 Å². The molecule has 1 aromatic rings. The summed E-state index contributed by atoms with van der Waals surface area (Å²) in [4.78, 5) is 19.9. The molecule has 0 spiro atoms. The van der Waals surface area contributed by atoms with Crippen LogP contribution in [0.15, 0.2) is 4.90 Å². The lowest BCUT2D eigenvalue weighted by Crippen LogP contribution is -2.50. The Kier molecular flexibility index (Phi) is 6.23. The summed E-state index contributed by atoms with van der Waals surface area (Å²) in [5.41, 5.74) is -0.218. The number of piperazine rings is 1. The number of sulfone groups is 1. The number of aromatic nitrogens is 1. The topological polar surface area (TPSA) is 83.0 Å². The highest BCUT2D eigenvalue weighted by Gasteiger charge is 2.40. The largest absolute Gasteiger partial charge is 0.450 e. The number of carbonyl (C=O) groups is 1. The van der Waals surface area contributed by atoms with E-state index in [-0.39, 0.29) is 62.6 Å². The summed E-state index contributed by atoms with van der Waals surface area (Å²) in [5, 5.41) is 0. The van der Waals surface area contributed by atoms with Crippen molar-refractivity contribution in [3.63, 3.8) is 0 Å². The monoisotopic (exact) mass is 458 g/mol. The van der Waals surface area contributed by atoms with Gasteiger partial charge in [0.2, 0.25) is 5.95 Å². The van der Waals surface area contributed by atoms with Crippen LogP contribution < -0.4 is 9.80 Å². The fraction of sp³-hybridized carbons (Fsp3) is 0.700. The van der Waals surface area contributed by atoms with Gasteiger partial charge in [0, 0.05) is 38.8 Å². The minimum Gasteiger partial charge on any atom is -0.450 e. The Bertz CT molecular complexity index is 945. The molecule has 1 aliphatic carbocycles. The molecular formula is C20H28F2N4O4S. The van der Waals surface area contributed by atoms with Crippen molar-refractivity contribution in [3.8, 4) is 0 Å². The Morgan fingerprint density at radius 2 is 1.77 bits per heavy atom. The second kappa shape index (κ2) is 8.76. The van der Waals surface area contributed by atoms with E-state index in [1.54, 1.807) is 11.8 Å². The molecule has 1 amide bonds. The molecule has 0 aromatic carbocycles. The molecule has 3 aliphatic rings. The van der Waals surface area contributed by atoms with Crippen LogP contribution in [0.3, 0.4) is 0 Å². The molecule has 0 unspecified atom stereocenters. The molecule has 11 heteroatoms. The molecule has 2 aliphatic heterocycles. The van der Waals surface area contributed by atoms with E-state index in [0.717, 1.165) is 32.1 Å². The smallest absolute Gasteiger partial charge is 0.409 e. The molecule has 172 valence electrons. The quantitative estimate of drug-likeness (QED) is 0.644. The van der Waals surface area contributed by atoms with Crippen molar-refractivity contribution in [2.45, 2.75) is 50.0 Å². The molecule has 1 aromatic heterocycles. The first-order valence-corrected chi connectivity index (χ1v) is 12.5. The highest BCUT2D eigenvalue weighted by Crippen LogP contribution is 2.41. The number of halogens is 2. The number of rotatable bonds is 3. The lowest BCUT2D eigenvalue weighted by atomic mass is 9.94. The summed E-state index contributed by atoms with van der Waals surface area (Å²) in [5.74, 6) is -2.50. The Morgan fingerprint density at radius 1 is 1.10 bits per heavy atom. The van der Waals surface area contributed by atoms with Gasteiger partial charge in [0.05, 0.1) is 12.4 Å². The Balaban J connectivity index is 1.65. The van der Waals surface area contributed by atoms with Crippen LogP contribution in [0.25, 0.3) is 0 Å². The first kappa shape index (κ1) is 22.0. The van der Waals surface area contributed by atoms with Crippen molar-refractivity contribution in [3.05, 3.63) is 11.8 Å². The first-order chi connectivity index (χ1) is 14.8. The summed E-state index contributed by atoms with van der Waals surface area (Å²) >= 11 is 0. The molecule has 4 rings (SSSR count). The number of nitrogens with zero attached hydrogens (tertiary/aromatic N) is 4. The van der Waals surface area contributed by atoms with Gasteiger partial charge in [-0.1, -0.05) is 19.3 Å². The number of hydrogen-bond acceptors (Lipinski definition) is 7. The zero-order chi connectivity index (χ0) is 22.2. The van der Waals surface area contributed by atoms with E-state index < -0.39 is 32.6 Å². The van der Waals surface area contributed by atoms with Gasteiger partial charge < -0.3 is 19.4 Å². The van der Waals surface area contributed by atoms with E-state index in [9.17, 15) is 13.2 Å². The molecular weight excluding hydrogens is 430 g/mol. The van der Waals surface area contributed by atoms with E-state index >= 15 is 8.78 Å². The third-order valence-corrected chi connectivity index (χ3v) is 8.04. The summed E-state index contributed by atoms with van der Waals surface area (Å²) in [6, 6.07) is -0.00215. The van der Waals surface area contributed by atoms with E-state index in [4.69, 9.17) is 4.74 Å². The van der Waals surface area contributed by atoms with Crippen molar-refractivity contribution >= 4 is 27.4 Å². The van der Waals surface area contributed by atoms with Gasteiger partial charge in [-0.25, -0.2) is 17.6 Å². The Hall–Kier alpha value is -2.17. The van der Waals surface area contributed by atoms with Crippen LogP contribution in [0.1, 0.15) is 39.0 Å². The fourth-order valence-electron chi connectivity index (χ4n) is 4.74. The summed E-state index contributed by atoms with van der Waals surface area (Å²) < 4.78 is 61.3. The van der Waals surface area contributed by atoms with Crippen molar-refractivity contribution in [2.24, 2.45) is 0 Å². The van der Waals surface area contributed by atoms with Crippen LogP contribution in [0.5, 0.6) is 0 Å². The maximum atomic E-state index is 15.5. The van der Waals surface area contributed by atoms with Crippen LogP contribution >= 0.6 is 0 Å². The van der Waals surface area contributed by atoms with Gasteiger partial charge >= 0.3 is 6.09 Å². The number of ether oxygens (including phenoxy) is 1. The number of fused-ring (bicyclic) bond motifs is 1. The van der Waals surface area contributed by atoms with Gasteiger partial charge in [0.25, 0.3) is 0 Å². The third-order valence-electron chi connectivity index (χ3n) is 6.33. The second-order valence-corrected chi connectivity index (χ2v) is 10.2. The minimum absolute atomic E-state index is 0.00215. The van der Waals surface area contributed by atoms with E-state index in [2.05, 4.69) is 4.98 Å². The van der Waals surface area contributed by atoms with Crippen LogP contribution in [-0.4, -0.2) is 75.5 Å². The van der Waals surface area contributed by atoms with Crippen LogP contribution in [0, 0.1) is 11.8 Å². The van der Waals surface area contributed by atoms with Crippen LogP contribution in [-0.2, 0) is 14.6 Å². The fourth-order valence-corrected chi connectivity index (χ4v) is 6.24. The van der Waals surface area contributed by atoms with E-state index in [1.807, 2.05) is 0 Å². The van der Waals surface area contributed by atoms with Gasteiger partial charge in [0.1, 0.15) is 10.6 Å². The molecule has 1 saturated carbocycles. The molecule has 0 N–H and O–H groups in total. The van der Waals surface area contributed by atoms with Gasteiger partial charge in [-0.05, 0) is 19.8 Å². The highest BCUT2D eigenvalue weighted by atomic mass is 32.2. The molecule has 0 radical (unpaired) electrons. The lowest BCUT2D eigenvalue weighted by molar-refractivity contribution is 0.105. The Morgan fingerprint density at radius 3 is 2.42 bits per heavy atom. The van der Waals surface area contributed by atoms with Crippen LogP contribution in [0.4, 0.5) is 25.1 Å². The molecule has 2 fully saturated rings. The number of anilines is 2. The maximum absolute atomic E-state index is 15.5. The third kappa shape index (κ3) is 4.16. The van der Waals surface area contributed by atoms with Crippen LogP contribution in [0.2, 0.25) is 0 Å². The number of amides is 1. The average molecular weight is 459 g/mol. The minimum atomic E-state index is -3.97. The molecule has 1 saturated heterocycles. The maximum Gasteiger partial charge on any atom is 0.409 e. The second-order valence-electron chi connectivity index (χ2n) is 8.20. The standard InChI is InChI=1S/C20H28F2N4O4S/c1-2-30-20(27)25-10-8-24(9-11-25)19-15(21)17-16(18(22)23-19)26(12-13-31(17,28)29)14-6-4-3-5-7-14/h14H,2-13H2,1H3. The molecule has 31 heavy (non-hydrogen) atoms. The van der Waals surface area contributed by atoms with Gasteiger partial charge in [-0.3, -0.25) is 0 Å². The SMILES string of the molecule is CCOC(=O)N1CCN(c2nc(F)c3c(c2F)S(=O)(=O)CCN3C2CCCCC2)CC1. The number of hydrogen-bond donors (Lipinski definition) is 0. The van der Waals surface area contributed by atoms with Crippen molar-refractivity contribution in [2.75, 3.05) is 54.9 Å². The summed E-state index contributed by atoms with van der Waals surface area (Å²) in [7, 11) is -3.97. The molecule has 0 bridgehead atoms. The van der Waals surface area contributed by atoms with Crippen molar-refractivity contribution in [1.82, 2.24) is 9.88 Å². The predicted molar refractivity (Wildman–Crippen MR) is 111 cm³/mol. The number of pyridine rings is 1. The van der Waals surface area contributed by atoms with Gasteiger partial charge in [-0.2, -0.15) is 9.37 Å². The molecule has 8 nitrogen and oxygen atoms in total. The summed E-state index contributed by atoms with van der Waals surface area (Å²) in [6.45, 7) is 3.01. The van der Waals surface area contributed by atoms with Crippen molar-refractivity contribution < 1.29 is 26.7 Å². The van der Waals surface area contributed by atoms with Gasteiger partial charge in [0.15, 0.2) is 21.5 Å².